The van der Waals surface area contributed by atoms with Crippen molar-refractivity contribution in [1.82, 2.24) is 4.90 Å². The van der Waals surface area contributed by atoms with Gasteiger partial charge in [0.2, 0.25) is 0 Å². The van der Waals surface area contributed by atoms with E-state index in [4.69, 9.17) is 5.11 Å². The first kappa shape index (κ1) is 15.9. The highest BCUT2D eigenvalue weighted by Gasteiger charge is 2.18. The van der Waals surface area contributed by atoms with Crippen molar-refractivity contribution < 1.29 is 19.1 Å². The smallest absolute Gasteiger partial charge is 0.322 e. The highest BCUT2D eigenvalue weighted by Crippen LogP contribution is 2.14. The Morgan fingerprint density at radius 1 is 1.35 bits per heavy atom. The van der Waals surface area contributed by atoms with Crippen molar-refractivity contribution in [3.05, 3.63) is 30.1 Å². The zero-order valence-electron chi connectivity index (χ0n) is 11.6. The lowest BCUT2D eigenvalue weighted by Gasteiger charge is -2.26. The van der Waals surface area contributed by atoms with Gasteiger partial charge in [0.1, 0.15) is 5.82 Å². The van der Waals surface area contributed by atoms with Crippen LogP contribution in [0.1, 0.15) is 26.7 Å². The summed E-state index contributed by atoms with van der Waals surface area (Å²) in [6.07, 6.45) is 0.356. The number of hydrogen-bond acceptors (Lipinski definition) is 2. The molecule has 0 aliphatic heterocycles. The average Bonchev–Trinajstić information content (AvgIpc) is 2.36. The van der Waals surface area contributed by atoms with E-state index in [-0.39, 0.29) is 18.2 Å². The molecule has 0 spiro atoms. The molecule has 0 aromatic heterocycles. The molecule has 1 rings (SSSR count). The van der Waals surface area contributed by atoms with E-state index in [0.717, 1.165) is 0 Å². The van der Waals surface area contributed by atoms with E-state index >= 15 is 0 Å². The number of para-hydroxylation sites is 1. The fraction of sp³-hybridized carbons (Fsp3) is 0.429. The van der Waals surface area contributed by atoms with Crippen LogP contribution in [0, 0.1) is 5.82 Å². The molecule has 0 aliphatic rings. The van der Waals surface area contributed by atoms with Crippen LogP contribution in [0.3, 0.4) is 0 Å². The molecule has 0 heterocycles. The molecule has 110 valence electrons. The number of carbonyl (C=O) groups is 2. The Labute approximate surface area is 117 Å². The van der Waals surface area contributed by atoms with E-state index in [2.05, 4.69) is 5.32 Å². The zero-order valence-corrected chi connectivity index (χ0v) is 11.6. The van der Waals surface area contributed by atoms with Crippen molar-refractivity contribution in [2.45, 2.75) is 32.7 Å². The summed E-state index contributed by atoms with van der Waals surface area (Å²) < 4.78 is 13.5. The molecule has 6 heteroatoms. The lowest BCUT2D eigenvalue weighted by molar-refractivity contribution is -0.137. The van der Waals surface area contributed by atoms with E-state index in [1.54, 1.807) is 6.07 Å². The monoisotopic (exact) mass is 282 g/mol. The second kappa shape index (κ2) is 7.47. The number of nitrogens with one attached hydrogen (secondary N) is 1. The molecule has 20 heavy (non-hydrogen) atoms. The number of rotatable bonds is 6. The Morgan fingerprint density at radius 3 is 2.55 bits per heavy atom. The van der Waals surface area contributed by atoms with Crippen LogP contribution in [0.15, 0.2) is 24.3 Å². The Hall–Kier alpha value is -2.11. The molecule has 0 aliphatic carbocycles. The van der Waals surface area contributed by atoms with E-state index in [0.29, 0.717) is 13.0 Å². The average molecular weight is 282 g/mol. The molecule has 0 saturated heterocycles. The van der Waals surface area contributed by atoms with Crippen LogP contribution in [0.4, 0.5) is 14.9 Å². The van der Waals surface area contributed by atoms with Gasteiger partial charge in [-0.05, 0) is 32.4 Å². The number of carbonyl (C=O) groups excluding carboxylic acids is 1. The van der Waals surface area contributed by atoms with Gasteiger partial charge in [-0.2, -0.15) is 0 Å². The predicted molar refractivity (Wildman–Crippen MR) is 74.1 cm³/mol. The first-order valence-corrected chi connectivity index (χ1v) is 6.45. The Morgan fingerprint density at radius 2 is 2.00 bits per heavy atom. The number of aliphatic carboxylic acids is 1. The summed E-state index contributed by atoms with van der Waals surface area (Å²) in [6.45, 7) is 3.95. The number of anilines is 1. The second-order valence-corrected chi connectivity index (χ2v) is 4.69. The minimum Gasteiger partial charge on any atom is -0.481 e. The van der Waals surface area contributed by atoms with Crippen molar-refractivity contribution in [3.8, 4) is 0 Å². The molecule has 0 radical (unpaired) electrons. The minimum absolute atomic E-state index is 0.00377. The van der Waals surface area contributed by atoms with E-state index in [9.17, 15) is 14.0 Å². The summed E-state index contributed by atoms with van der Waals surface area (Å²) in [4.78, 5) is 24.1. The van der Waals surface area contributed by atoms with Gasteiger partial charge in [-0.15, -0.1) is 0 Å². The number of benzene rings is 1. The highest BCUT2D eigenvalue weighted by atomic mass is 19.1. The number of hydrogen-bond donors (Lipinski definition) is 2. The maximum absolute atomic E-state index is 13.5. The second-order valence-electron chi connectivity index (χ2n) is 4.69. The van der Waals surface area contributed by atoms with Crippen molar-refractivity contribution in [3.63, 3.8) is 0 Å². The number of halogens is 1. The van der Waals surface area contributed by atoms with Crippen molar-refractivity contribution in [2.75, 3.05) is 11.9 Å². The SMILES string of the molecule is CC(C)N(CCCC(=O)O)C(=O)Nc1ccccc1F. The molecule has 5 nitrogen and oxygen atoms in total. The molecule has 0 atom stereocenters. The van der Waals surface area contributed by atoms with Crippen molar-refractivity contribution >= 4 is 17.7 Å². The first-order chi connectivity index (χ1) is 9.41. The molecule has 2 amide bonds. The number of carboxylic acid groups (broad SMARTS) is 1. The predicted octanol–water partition coefficient (Wildman–Crippen LogP) is 2.93. The van der Waals surface area contributed by atoms with Gasteiger partial charge in [-0.25, -0.2) is 9.18 Å². The normalized spacial score (nSPS) is 10.4. The third-order valence-electron chi connectivity index (χ3n) is 2.79. The lowest BCUT2D eigenvalue weighted by atomic mass is 10.2. The van der Waals surface area contributed by atoms with Gasteiger partial charge in [0.25, 0.3) is 0 Å². The molecule has 2 N–H and O–H groups in total. The largest absolute Gasteiger partial charge is 0.481 e. The summed E-state index contributed by atoms with van der Waals surface area (Å²) in [5.74, 6) is -1.40. The van der Waals surface area contributed by atoms with Crippen LogP contribution in [-0.2, 0) is 4.79 Å². The fourth-order valence-corrected chi connectivity index (χ4v) is 1.74. The van der Waals surface area contributed by atoms with Crippen molar-refractivity contribution in [1.29, 1.82) is 0 Å². The lowest BCUT2D eigenvalue weighted by Crippen LogP contribution is -2.41. The third-order valence-corrected chi connectivity index (χ3v) is 2.79. The summed E-state index contributed by atoms with van der Waals surface area (Å²) in [7, 11) is 0. The van der Waals surface area contributed by atoms with Crippen LogP contribution in [0.25, 0.3) is 0 Å². The maximum atomic E-state index is 13.5. The number of nitrogens with zero attached hydrogens (tertiary/aromatic N) is 1. The molecular weight excluding hydrogens is 263 g/mol. The molecule has 1 aromatic carbocycles. The Bertz CT molecular complexity index is 477. The van der Waals surface area contributed by atoms with Crippen molar-refractivity contribution in [2.24, 2.45) is 0 Å². The van der Waals surface area contributed by atoms with Crippen LogP contribution in [0.2, 0.25) is 0 Å². The van der Waals surface area contributed by atoms with Crippen LogP contribution >= 0.6 is 0 Å². The van der Waals surface area contributed by atoms with Gasteiger partial charge in [-0.3, -0.25) is 4.79 Å². The molecule has 0 saturated carbocycles. The van der Waals surface area contributed by atoms with Gasteiger partial charge >= 0.3 is 12.0 Å². The summed E-state index contributed by atoms with van der Waals surface area (Å²) in [6, 6.07) is 5.37. The van der Waals surface area contributed by atoms with Crippen LogP contribution in [-0.4, -0.2) is 34.6 Å². The fourth-order valence-electron chi connectivity index (χ4n) is 1.74. The summed E-state index contributed by atoms with van der Waals surface area (Å²) >= 11 is 0. The molecular formula is C14H19FN2O3. The van der Waals surface area contributed by atoms with E-state index in [1.165, 1.54) is 23.1 Å². The van der Waals surface area contributed by atoms with Crippen LogP contribution < -0.4 is 5.32 Å². The summed E-state index contributed by atoms with van der Waals surface area (Å²) in [5, 5.41) is 11.1. The summed E-state index contributed by atoms with van der Waals surface area (Å²) in [5.41, 5.74) is 0.112. The number of carboxylic acids is 1. The molecule has 0 unspecified atom stereocenters. The zero-order chi connectivity index (χ0) is 15.1. The standard InChI is InChI=1S/C14H19FN2O3/c1-10(2)17(9-5-8-13(18)19)14(20)16-12-7-4-3-6-11(12)15/h3-4,6-7,10H,5,8-9H2,1-2H3,(H,16,20)(H,18,19). The Kier molecular flexibility index (Phi) is 5.96. The van der Waals surface area contributed by atoms with Gasteiger partial charge in [0.05, 0.1) is 5.69 Å². The topological polar surface area (TPSA) is 69.6 Å². The van der Waals surface area contributed by atoms with Crippen LogP contribution in [0.5, 0.6) is 0 Å². The Balaban J connectivity index is 2.65. The van der Waals surface area contributed by atoms with E-state index < -0.39 is 17.8 Å². The minimum atomic E-state index is -0.900. The molecule has 1 aromatic rings. The molecule has 0 bridgehead atoms. The van der Waals surface area contributed by atoms with Gasteiger partial charge in [0, 0.05) is 19.0 Å². The van der Waals surface area contributed by atoms with Gasteiger partial charge in [-0.1, -0.05) is 12.1 Å². The first-order valence-electron chi connectivity index (χ1n) is 6.45. The van der Waals surface area contributed by atoms with E-state index in [1.807, 2.05) is 13.8 Å². The third kappa shape index (κ3) is 4.87. The number of urea groups is 1. The quantitative estimate of drug-likeness (QED) is 0.842. The van der Waals surface area contributed by atoms with Gasteiger partial charge in [0.15, 0.2) is 0 Å². The molecule has 0 fully saturated rings. The maximum Gasteiger partial charge on any atom is 0.322 e. The van der Waals surface area contributed by atoms with Gasteiger partial charge < -0.3 is 15.3 Å². The number of amides is 2. The highest BCUT2D eigenvalue weighted by molar-refractivity contribution is 5.89.